The summed E-state index contributed by atoms with van der Waals surface area (Å²) in [6, 6.07) is 0.659. The predicted molar refractivity (Wildman–Crippen MR) is 71.7 cm³/mol. The average molecular weight is 244 g/mol. The standard InChI is InChI=1S/C12H24N2OS/c1-3-11-7-5-9-14(11)12(16)13-8-6-10-15-4-2/h11H,3-10H2,1-2H3,(H,13,16). The van der Waals surface area contributed by atoms with Gasteiger partial charge in [-0.3, -0.25) is 0 Å². The molecule has 1 aliphatic rings. The summed E-state index contributed by atoms with van der Waals surface area (Å²) in [6.07, 6.45) is 4.79. The highest BCUT2D eigenvalue weighted by molar-refractivity contribution is 7.80. The Morgan fingerprint density at radius 3 is 3.00 bits per heavy atom. The molecule has 0 bridgehead atoms. The first kappa shape index (κ1) is 13.7. The number of likely N-dealkylation sites (tertiary alicyclic amines) is 1. The van der Waals surface area contributed by atoms with Gasteiger partial charge in [0.25, 0.3) is 0 Å². The van der Waals surface area contributed by atoms with E-state index in [9.17, 15) is 0 Å². The minimum absolute atomic E-state index is 0.659. The van der Waals surface area contributed by atoms with Crippen LogP contribution in [0.25, 0.3) is 0 Å². The summed E-state index contributed by atoms with van der Waals surface area (Å²) in [7, 11) is 0. The van der Waals surface area contributed by atoms with Crippen LogP contribution in [0.4, 0.5) is 0 Å². The van der Waals surface area contributed by atoms with Crippen LogP contribution in [0.3, 0.4) is 0 Å². The number of hydrogen-bond donors (Lipinski definition) is 1. The summed E-state index contributed by atoms with van der Waals surface area (Å²) in [5, 5.41) is 4.26. The second kappa shape index (κ2) is 7.85. The fourth-order valence-electron chi connectivity index (χ4n) is 2.14. The molecule has 1 unspecified atom stereocenters. The van der Waals surface area contributed by atoms with Gasteiger partial charge in [-0.25, -0.2) is 0 Å². The van der Waals surface area contributed by atoms with Crippen LogP contribution in [0.15, 0.2) is 0 Å². The quantitative estimate of drug-likeness (QED) is 0.572. The first-order chi connectivity index (χ1) is 7.79. The molecule has 0 radical (unpaired) electrons. The van der Waals surface area contributed by atoms with Gasteiger partial charge in [0.15, 0.2) is 5.11 Å². The Bertz CT molecular complexity index is 211. The Morgan fingerprint density at radius 2 is 2.31 bits per heavy atom. The van der Waals surface area contributed by atoms with Gasteiger partial charge in [-0.1, -0.05) is 6.92 Å². The molecule has 1 saturated heterocycles. The summed E-state index contributed by atoms with van der Waals surface area (Å²) in [4.78, 5) is 2.34. The summed E-state index contributed by atoms with van der Waals surface area (Å²) >= 11 is 5.41. The van der Waals surface area contributed by atoms with Gasteiger partial charge in [-0.2, -0.15) is 0 Å². The molecule has 1 aliphatic heterocycles. The lowest BCUT2D eigenvalue weighted by Gasteiger charge is -2.26. The van der Waals surface area contributed by atoms with Crippen molar-refractivity contribution in [1.29, 1.82) is 0 Å². The van der Waals surface area contributed by atoms with Crippen LogP contribution >= 0.6 is 12.2 Å². The van der Waals surface area contributed by atoms with Gasteiger partial charge in [-0.15, -0.1) is 0 Å². The van der Waals surface area contributed by atoms with E-state index in [2.05, 4.69) is 17.1 Å². The summed E-state index contributed by atoms with van der Waals surface area (Å²) in [5.41, 5.74) is 0. The largest absolute Gasteiger partial charge is 0.382 e. The zero-order valence-electron chi connectivity index (χ0n) is 10.5. The maximum Gasteiger partial charge on any atom is 0.169 e. The highest BCUT2D eigenvalue weighted by atomic mass is 32.1. The molecule has 0 aromatic heterocycles. The van der Waals surface area contributed by atoms with Gasteiger partial charge >= 0.3 is 0 Å². The molecule has 1 rings (SSSR count). The Morgan fingerprint density at radius 1 is 1.50 bits per heavy atom. The first-order valence-electron chi connectivity index (χ1n) is 6.41. The van der Waals surface area contributed by atoms with E-state index in [1.807, 2.05) is 6.92 Å². The van der Waals surface area contributed by atoms with E-state index in [0.29, 0.717) is 6.04 Å². The highest BCUT2D eigenvalue weighted by Gasteiger charge is 2.24. The third-order valence-electron chi connectivity index (χ3n) is 3.06. The minimum atomic E-state index is 0.659. The van der Waals surface area contributed by atoms with Crippen molar-refractivity contribution in [3.63, 3.8) is 0 Å². The topological polar surface area (TPSA) is 24.5 Å². The number of nitrogens with zero attached hydrogens (tertiary/aromatic N) is 1. The van der Waals surface area contributed by atoms with Crippen molar-refractivity contribution in [3.8, 4) is 0 Å². The Labute approximate surface area is 105 Å². The fourth-order valence-corrected chi connectivity index (χ4v) is 2.49. The van der Waals surface area contributed by atoms with Crippen LogP contribution in [0, 0.1) is 0 Å². The van der Waals surface area contributed by atoms with Crippen LogP contribution < -0.4 is 5.32 Å². The molecule has 0 aromatic rings. The van der Waals surface area contributed by atoms with Gasteiger partial charge in [0.2, 0.25) is 0 Å². The van der Waals surface area contributed by atoms with Crippen LogP contribution in [0.1, 0.15) is 39.5 Å². The fraction of sp³-hybridized carbons (Fsp3) is 0.917. The van der Waals surface area contributed by atoms with Crippen LogP contribution in [-0.2, 0) is 4.74 Å². The number of hydrogen-bond acceptors (Lipinski definition) is 2. The highest BCUT2D eigenvalue weighted by Crippen LogP contribution is 2.19. The molecule has 0 saturated carbocycles. The van der Waals surface area contributed by atoms with Crippen molar-refractivity contribution in [2.75, 3.05) is 26.3 Å². The molecule has 1 atom stereocenters. The van der Waals surface area contributed by atoms with Gasteiger partial charge in [0, 0.05) is 32.3 Å². The first-order valence-corrected chi connectivity index (χ1v) is 6.82. The molecular formula is C12H24N2OS. The number of rotatable bonds is 6. The van der Waals surface area contributed by atoms with E-state index in [1.54, 1.807) is 0 Å². The molecule has 1 fully saturated rings. The van der Waals surface area contributed by atoms with E-state index in [-0.39, 0.29) is 0 Å². The van der Waals surface area contributed by atoms with Crippen molar-refractivity contribution in [2.45, 2.75) is 45.6 Å². The second-order valence-electron chi connectivity index (χ2n) is 4.18. The van der Waals surface area contributed by atoms with Crippen molar-refractivity contribution >= 4 is 17.3 Å². The van der Waals surface area contributed by atoms with Gasteiger partial charge in [0.1, 0.15) is 0 Å². The lowest BCUT2D eigenvalue weighted by Crippen LogP contribution is -2.42. The third kappa shape index (κ3) is 4.26. The number of nitrogens with one attached hydrogen (secondary N) is 1. The monoisotopic (exact) mass is 244 g/mol. The molecule has 0 aromatic carbocycles. The Balaban J connectivity index is 2.14. The zero-order valence-corrected chi connectivity index (χ0v) is 11.3. The second-order valence-corrected chi connectivity index (χ2v) is 4.57. The Kier molecular flexibility index (Phi) is 6.73. The molecule has 1 N–H and O–H groups in total. The molecule has 94 valence electrons. The van der Waals surface area contributed by atoms with E-state index in [1.165, 1.54) is 19.3 Å². The molecule has 0 amide bonds. The summed E-state index contributed by atoms with van der Waals surface area (Å²) in [6.45, 7) is 7.92. The molecule has 16 heavy (non-hydrogen) atoms. The lowest BCUT2D eigenvalue weighted by molar-refractivity contribution is 0.145. The van der Waals surface area contributed by atoms with E-state index >= 15 is 0 Å². The molecule has 0 spiro atoms. The minimum Gasteiger partial charge on any atom is -0.382 e. The third-order valence-corrected chi connectivity index (χ3v) is 3.43. The van der Waals surface area contributed by atoms with Crippen LogP contribution in [0.2, 0.25) is 0 Å². The molecule has 4 heteroatoms. The normalized spacial score (nSPS) is 20.1. The summed E-state index contributed by atoms with van der Waals surface area (Å²) in [5.74, 6) is 0. The molecular weight excluding hydrogens is 220 g/mol. The van der Waals surface area contributed by atoms with Crippen molar-refractivity contribution < 1.29 is 4.74 Å². The smallest absolute Gasteiger partial charge is 0.169 e. The predicted octanol–water partition coefficient (Wildman–Crippen LogP) is 2.16. The maximum absolute atomic E-state index is 5.41. The molecule has 3 nitrogen and oxygen atoms in total. The van der Waals surface area contributed by atoms with Crippen molar-refractivity contribution in [3.05, 3.63) is 0 Å². The number of thiocarbonyl (C=S) groups is 1. The van der Waals surface area contributed by atoms with Gasteiger partial charge < -0.3 is 15.0 Å². The van der Waals surface area contributed by atoms with Crippen LogP contribution in [-0.4, -0.2) is 42.4 Å². The van der Waals surface area contributed by atoms with E-state index in [0.717, 1.165) is 37.8 Å². The Hall–Kier alpha value is -0.350. The van der Waals surface area contributed by atoms with Gasteiger partial charge in [-0.05, 0) is 44.8 Å². The SMILES string of the molecule is CCOCCCNC(=S)N1CCCC1CC. The summed E-state index contributed by atoms with van der Waals surface area (Å²) < 4.78 is 5.29. The average Bonchev–Trinajstić information content (AvgIpc) is 2.76. The van der Waals surface area contributed by atoms with E-state index in [4.69, 9.17) is 17.0 Å². The van der Waals surface area contributed by atoms with E-state index < -0.39 is 0 Å². The lowest BCUT2D eigenvalue weighted by atomic mass is 10.2. The zero-order chi connectivity index (χ0) is 11.8. The molecule has 1 heterocycles. The maximum atomic E-state index is 5.41. The van der Waals surface area contributed by atoms with Crippen molar-refractivity contribution in [1.82, 2.24) is 10.2 Å². The van der Waals surface area contributed by atoms with Gasteiger partial charge in [0.05, 0.1) is 0 Å². The number of ether oxygens (including phenoxy) is 1. The van der Waals surface area contributed by atoms with Crippen LogP contribution in [0.5, 0.6) is 0 Å². The molecule has 0 aliphatic carbocycles. The van der Waals surface area contributed by atoms with Crippen molar-refractivity contribution in [2.24, 2.45) is 0 Å².